The first-order chi connectivity index (χ1) is 8.95. The van der Waals surface area contributed by atoms with E-state index >= 15 is 0 Å². The second-order valence-electron chi connectivity index (χ2n) is 4.27. The van der Waals surface area contributed by atoms with Gasteiger partial charge in [-0.1, -0.05) is 37.2 Å². The molecule has 4 N–H and O–H groups in total. The largest absolute Gasteiger partial charge is 0.389 e. The first-order valence-corrected chi connectivity index (χ1v) is 6.87. The standard InChI is InChI=1S/C13H18ClN3OS/c1-2-3-6-17(8-12(15)18)11-5-4-9(13(16)19)7-10(11)14/h4-5,7H,2-3,6,8H2,1H3,(H2,15,18)(H2,16,19). The minimum Gasteiger partial charge on any atom is -0.389 e. The zero-order valence-electron chi connectivity index (χ0n) is 10.9. The van der Waals surface area contributed by atoms with Gasteiger partial charge in [0, 0.05) is 12.1 Å². The lowest BCUT2D eigenvalue weighted by atomic mass is 10.2. The third kappa shape index (κ3) is 4.69. The van der Waals surface area contributed by atoms with Gasteiger partial charge in [0.05, 0.1) is 17.3 Å². The predicted molar refractivity (Wildman–Crippen MR) is 83.7 cm³/mol. The molecular formula is C13H18ClN3OS. The lowest BCUT2D eigenvalue weighted by molar-refractivity contribution is -0.116. The van der Waals surface area contributed by atoms with Crippen molar-refractivity contribution < 1.29 is 4.79 Å². The quantitative estimate of drug-likeness (QED) is 0.756. The summed E-state index contributed by atoms with van der Waals surface area (Å²) in [5.74, 6) is -0.384. The highest BCUT2D eigenvalue weighted by molar-refractivity contribution is 7.80. The average molecular weight is 300 g/mol. The highest BCUT2D eigenvalue weighted by Crippen LogP contribution is 2.27. The molecule has 0 bridgehead atoms. The Hall–Kier alpha value is -1.33. The number of halogens is 1. The Labute approximate surface area is 123 Å². The van der Waals surface area contributed by atoms with Crippen molar-refractivity contribution in [2.75, 3.05) is 18.0 Å². The molecule has 0 radical (unpaired) electrons. The molecule has 104 valence electrons. The van der Waals surface area contributed by atoms with Crippen LogP contribution in [0.4, 0.5) is 5.69 Å². The molecule has 1 aromatic carbocycles. The Morgan fingerprint density at radius 1 is 1.42 bits per heavy atom. The van der Waals surface area contributed by atoms with Gasteiger partial charge >= 0.3 is 0 Å². The van der Waals surface area contributed by atoms with Gasteiger partial charge in [0.25, 0.3) is 0 Å². The van der Waals surface area contributed by atoms with E-state index in [9.17, 15) is 4.79 Å². The van der Waals surface area contributed by atoms with Crippen molar-refractivity contribution >= 4 is 40.4 Å². The molecule has 0 spiro atoms. The number of unbranched alkanes of at least 4 members (excludes halogenated alkanes) is 1. The number of primary amides is 1. The summed E-state index contributed by atoms with van der Waals surface area (Å²) in [6.45, 7) is 2.96. The molecule has 6 heteroatoms. The van der Waals surface area contributed by atoms with Crippen molar-refractivity contribution in [2.45, 2.75) is 19.8 Å². The second-order valence-corrected chi connectivity index (χ2v) is 5.12. The highest BCUT2D eigenvalue weighted by Gasteiger charge is 2.13. The zero-order valence-corrected chi connectivity index (χ0v) is 12.4. The van der Waals surface area contributed by atoms with Crippen LogP contribution in [0.25, 0.3) is 0 Å². The fraction of sp³-hybridized carbons (Fsp3) is 0.385. The van der Waals surface area contributed by atoms with Crippen LogP contribution in [0.2, 0.25) is 5.02 Å². The van der Waals surface area contributed by atoms with E-state index in [0.29, 0.717) is 15.6 Å². The number of amides is 1. The first-order valence-electron chi connectivity index (χ1n) is 6.08. The fourth-order valence-electron chi connectivity index (χ4n) is 1.74. The summed E-state index contributed by atoms with van der Waals surface area (Å²) in [6.07, 6.45) is 1.98. The van der Waals surface area contributed by atoms with Crippen molar-refractivity contribution in [1.82, 2.24) is 0 Å². The summed E-state index contributed by atoms with van der Waals surface area (Å²) in [5.41, 5.74) is 12.3. The van der Waals surface area contributed by atoms with Crippen LogP contribution in [-0.4, -0.2) is 24.0 Å². The molecule has 0 aliphatic carbocycles. The summed E-state index contributed by atoms with van der Waals surface area (Å²) in [7, 11) is 0. The highest BCUT2D eigenvalue weighted by atomic mass is 35.5. The Balaban J connectivity index is 3.00. The molecule has 4 nitrogen and oxygen atoms in total. The van der Waals surface area contributed by atoms with Crippen LogP contribution in [0.1, 0.15) is 25.3 Å². The Kier molecular flexibility index (Phi) is 6.05. The lowest BCUT2D eigenvalue weighted by Gasteiger charge is -2.24. The smallest absolute Gasteiger partial charge is 0.236 e. The fourth-order valence-corrected chi connectivity index (χ4v) is 2.17. The molecule has 0 aromatic heterocycles. The van der Waals surface area contributed by atoms with Gasteiger partial charge in [0.15, 0.2) is 0 Å². The van der Waals surface area contributed by atoms with Crippen molar-refractivity contribution in [3.05, 3.63) is 28.8 Å². The first kappa shape index (κ1) is 15.7. The molecule has 0 atom stereocenters. The predicted octanol–water partition coefficient (Wildman–Crippen LogP) is 2.07. The van der Waals surface area contributed by atoms with Gasteiger partial charge in [0.2, 0.25) is 5.91 Å². The van der Waals surface area contributed by atoms with Crippen LogP contribution < -0.4 is 16.4 Å². The Morgan fingerprint density at radius 3 is 2.58 bits per heavy atom. The van der Waals surface area contributed by atoms with Gasteiger partial charge in [0.1, 0.15) is 4.99 Å². The molecule has 19 heavy (non-hydrogen) atoms. The van der Waals surface area contributed by atoms with Gasteiger partial charge in [-0.2, -0.15) is 0 Å². The van der Waals surface area contributed by atoms with Crippen LogP contribution in [0, 0.1) is 0 Å². The summed E-state index contributed by atoms with van der Waals surface area (Å²) in [4.78, 5) is 13.3. The number of hydrogen-bond donors (Lipinski definition) is 2. The number of carbonyl (C=O) groups is 1. The van der Waals surface area contributed by atoms with E-state index in [1.54, 1.807) is 12.1 Å². The van der Waals surface area contributed by atoms with Crippen molar-refractivity contribution in [3.63, 3.8) is 0 Å². The average Bonchev–Trinajstić information content (AvgIpc) is 2.34. The maximum Gasteiger partial charge on any atom is 0.236 e. The maximum absolute atomic E-state index is 11.1. The Morgan fingerprint density at radius 2 is 2.11 bits per heavy atom. The number of anilines is 1. The third-order valence-electron chi connectivity index (χ3n) is 2.70. The van der Waals surface area contributed by atoms with E-state index < -0.39 is 0 Å². The molecule has 1 rings (SSSR count). The monoisotopic (exact) mass is 299 g/mol. The van der Waals surface area contributed by atoms with Crippen molar-refractivity contribution in [2.24, 2.45) is 11.5 Å². The van der Waals surface area contributed by atoms with E-state index in [1.165, 1.54) is 0 Å². The molecule has 0 saturated carbocycles. The van der Waals surface area contributed by atoms with Crippen LogP contribution in [0.15, 0.2) is 18.2 Å². The summed E-state index contributed by atoms with van der Waals surface area (Å²) in [5, 5.41) is 0.516. The summed E-state index contributed by atoms with van der Waals surface area (Å²) in [6, 6.07) is 5.32. The van der Waals surface area contributed by atoms with E-state index in [4.69, 9.17) is 35.3 Å². The number of nitrogens with two attached hydrogens (primary N) is 2. The zero-order chi connectivity index (χ0) is 14.4. The van der Waals surface area contributed by atoms with Crippen molar-refractivity contribution in [3.8, 4) is 0 Å². The molecule has 0 saturated heterocycles. The molecule has 0 fully saturated rings. The van der Waals surface area contributed by atoms with Gasteiger partial charge in [-0.15, -0.1) is 0 Å². The summed E-state index contributed by atoms with van der Waals surface area (Å²) >= 11 is 11.1. The second kappa shape index (κ2) is 7.31. The van der Waals surface area contributed by atoms with Crippen LogP contribution >= 0.6 is 23.8 Å². The van der Waals surface area contributed by atoms with E-state index in [2.05, 4.69) is 6.92 Å². The number of thiocarbonyl (C=S) groups is 1. The number of carbonyl (C=O) groups excluding carboxylic acids is 1. The molecule has 0 aliphatic heterocycles. The molecule has 1 amide bonds. The van der Waals surface area contributed by atoms with E-state index in [1.807, 2.05) is 11.0 Å². The SMILES string of the molecule is CCCCN(CC(N)=O)c1ccc(C(N)=S)cc1Cl. The van der Waals surface area contributed by atoms with E-state index in [-0.39, 0.29) is 12.5 Å². The summed E-state index contributed by atoms with van der Waals surface area (Å²) < 4.78 is 0. The van der Waals surface area contributed by atoms with Crippen LogP contribution in [0.3, 0.4) is 0 Å². The number of hydrogen-bond acceptors (Lipinski definition) is 3. The van der Waals surface area contributed by atoms with Gasteiger partial charge in [-0.05, 0) is 24.6 Å². The van der Waals surface area contributed by atoms with Crippen molar-refractivity contribution in [1.29, 1.82) is 0 Å². The number of nitrogens with zero attached hydrogens (tertiary/aromatic N) is 1. The molecule has 0 unspecified atom stereocenters. The minimum absolute atomic E-state index is 0.145. The minimum atomic E-state index is -0.384. The lowest BCUT2D eigenvalue weighted by Crippen LogP contribution is -2.34. The topological polar surface area (TPSA) is 72.3 Å². The Bertz CT molecular complexity index is 479. The molecular weight excluding hydrogens is 282 g/mol. The van der Waals surface area contributed by atoms with E-state index in [0.717, 1.165) is 25.1 Å². The molecule has 1 aromatic rings. The molecule has 0 aliphatic rings. The van der Waals surface area contributed by atoms with Gasteiger partial charge in [-0.25, -0.2) is 0 Å². The van der Waals surface area contributed by atoms with Gasteiger partial charge in [-0.3, -0.25) is 4.79 Å². The third-order valence-corrected chi connectivity index (χ3v) is 3.24. The maximum atomic E-state index is 11.1. The normalized spacial score (nSPS) is 10.2. The van der Waals surface area contributed by atoms with Crippen LogP contribution in [-0.2, 0) is 4.79 Å². The van der Waals surface area contributed by atoms with Crippen LogP contribution in [0.5, 0.6) is 0 Å². The number of rotatable bonds is 7. The molecule has 0 heterocycles. The van der Waals surface area contributed by atoms with Gasteiger partial charge < -0.3 is 16.4 Å². The number of benzene rings is 1.